The van der Waals surface area contributed by atoms with Crippen molar-refractivity contribution in [1.82, 2.24) is 25.1 Å². The zero-order valence-corrected chi connectivity index (χ0v) is 14.1. The lowest BCUT2D eigenvalue weighted by atomic mass is 10.1. The van der Waals surface area contributed by atoms with Crippen molar-refractivity contribution < 1.29 is 14.4 Å². The van der Waals surface area contributed by atoms with Gasteiger partial charge in [0.2, 0.25) is 5.78 Å². The van der Waals surface area contributed by atoms with Crippen molar-refractivity contribution in [2.75, 3.05) is 0 Å². The highest BCUT2D eigenvalue weighted by atomic mass is 16.2. The summed E-state index contributed by atoms with van der Waals surface area (Å²) in [6.07, 6.45) is 6.19. The van der Waals surface area contributed by atoms with Gasteiger partial charge >= 0.3 is 0 Å². The molecule has 0 bridgehead atoms. The Balaban J connectivity index is 1.84. The van der Waals surface area contributed by atoms with Crippen molar-refractivity contribution >= 4 is 17.6 Å². The molecule has 27 heavy (non-hydrogen) atoms. The minimum Gasteiger partial charge on any atom is -0.363 e. The molecule has 0 aliphatic rings. The van der Waals surface area contributed by atoms with Gasteiger partial charge in [-0.2, -0.15) is 5.10 Å². The Morgan fingerprint density at radius 2 is 1.93 bits per heavy atom. The van der Waals surface area contributed by atoms with Crippen LogP contribution in [-0.4, -0.2) is 43.4 Å². The Hall–Kier alpha value is -3.88. The van der Waals surface area contributed by atoms with Crippen molar-refractivity contribution in [3.63, 3.8) is 0 Å². The van der Waals surface area contributed by atoms with Crippen LogP contribution in [0.3, 0.4) is 0 Å². The third-order valence-electron chi connectivity index (χ3n) is 3.77. The minimum atomic E-state index is -1.14. The van der Waals surface area contributed by atoms with Gasteiger partial charge in [-0.3, -0.25) is 24.4 Å². The zero-order chi connectivity index (χ0) is 19.2. The summed E-state index contributed by atoms with van der Waals surface area (Å²) in [6.45, 7) is 0. The Morgan fingerprint density at radius 3 is 2.59 bits per heavy atom. The van der Waals surface area contributed by atoms with Crippen LogP contribution in [0.15, 0.2) is 61.2 Å². The van der Waals surface area contributed by atoms with E-state index in [0.29, 0.717) is 11.4 Å². The maximum Gasteiger partial charge on any atom is 0.287 e. The molecule has 0 aliphatic carbocycles. The summed E-state index contributed by atoms with van der Waals surface area (Å²) in [5.74, 6) is -2.61. The summed E-state index contributed by atoms with van der Waals surface area (Å²) in [5.41, 5.74) is 6.43. The average Bonchev–Trinajstić information content (AvgIpc) is 3.18. The van der Waals surface area contributed by atoms with Crippen molar-refractivity contribution in [3.05, 3.63) is 72.6 Å². The number of Topliss-reactive ketones (excluding diaryl/α,β-unsaturated/α-hetero) is 1. The second-order valence-electron chi connectivity index (χ2n) is 5.62. The van der Waals surface area contributed by atoms with Crippen LogP contribution in [0.4, 0.5) is 0 Å². The van der Waals surface area contributed by atoms with Gasteiger partial charge in [-0.15, -0.1) is 0 Å². The van der Waals surface area contributed by atoms with E-state index in [4.69, 9.17) is 5.73 Å². The molecule has 3 heterocycles. The second-order valence-corrected chi connectivity index (χ2v) is 5.62. The lowest BCUT2D eigenvalue weighted by molar-refractivity contribution is -0.137. The van der Waals surface area contributed by atoms with Gasteiger partial charge in [0.05, 0.1) is 18.1 Å². The maximum absolute atomic E-state index is 12.7. The van der Waals surface area contributed by atoms with Gasteiger partial charge in [0, 0.05) is 24.5 Å². The molecule has 3 aromatic rings. The molecule has 3 rings (SSSR count). The predicted octanol–water partition coefficient (Wildman–Crippen LogP) is 0.0578. The smallest absolute Gasteiger partial charge is 0.287 e. The normalized spacial score (nSPS) is 11.6. The standard InChI is InChI=1S/C18H16N6O3/c19-17(26)16(25)14(10-12-4-1-2-8-21-12)23-18(27)15-6-9-22-24(15)13-5-3-7-20-11-13/h1-9,11,14H,10H2,(H2,19,26)(H,23,27). The van der Waals surface area contributed by atoms with Gasteiger partial charge in [-0.05, 0) is 30.3 Å². The summed E-state index contributed by atoms with van der Waals surface area (Å²) in [7, 11) is 0. The van der Waals surface area contributed by atoms with E-state index < -0.39 is 23.6 Å². The van der Waals surface area contributed by atoms with E-state index in [-0.39, 0.29) is 12.1 Å². The summed E-state index contributed by atoms with van der Waals surface area (Å²) < 4.78 is 1.38. The number of nitrogens with one attached hydrogen (secondary N) is 1. The molecule has 9 heteroatoms. The number of rotatable bonds is 7. The number of carbonyl (C=O) groups is 3. The summed E-state index contributed by atoms with van der Waals surface area (Å²) in [5, 5.41) is 6.65. The fraction of sp³-hybridized carbons (Fsp3) is 0.111. The van der Waals surface area contributed by atoms with E-state index in [1.807, 2.05) is 0 Å². The molecule has 1 unspecified atom stereocenters. The van der Waals surface area contributed by atoms with Gasteiger partial charge in [0.15, 0.2) is 0 Å². The van der Waals surface area contributed by atoms with E-state index in [2.05, 4.69) is 20.4 Å². The molecule has 0 saturated heterocycles. The molecule has 0 aromatic carbocycles. The molecule has 136 valence electrons. The number of carbonyl (C=O) groups excluding carboxylic acids is 3. The number of aromatic nitrogens is 4. The number of amides is 2. The number of hydrogen-bond acceptors (Lipinski definition) is 6. The van der Waals surface area contributed by atoms with Crippen molar-refractivity contribution in [3.8, 4) is 5.69 Å². The van der Waals surface area contributed by atoms with E-state index in [0.717, 1.165) is 0 Å². The molecule has 0 aliphatic heterocycles. The second kappa shape index (κ2) is 8.00. The number of primary amides is 1. The van der Waals surface area contributed by atoms with Crippen LogP contribution in [-0.2, 0) is 16.0 Å². The maximum atomic E-state index is 12.7. The Bertz CT molecular complexity index is 955. The van der Waals surface area contributed by atoms with Crippen LogP contribution in [0.25, 0.3) is 5.69 Å². The number of hydrogen-bond donors (Lipinski definition) is 2. The van der Waals surface area contributed by atoms with Crippen LogP contribution >= 0.6 is 0 Å². The molecule has 3 aromatic heterocycles. The van der Waals surface area contributed by atoms with E-state index in [1.165, 1.54) is 16.9 Å². The molecule has 0 radical (unpaired) electrons. The van der Waals surface area contributed by atoms with Crippen molar-refractivity contribution in [2.24, 2.45) is 5.73 Å². The van der Waals surface area contributed by atoms with Crippen LogP contribution in [0.1, 0.15) is 16.2 Å². The van der Waals surface area contributed by atoms with Crippen LogP contribution in [0.2, 0.25) is 0 Å². The Kier molecular flexibility index (Phi) is 5.31. The zero-order valence-electron chi connectivity index (χ0n) is 14.1. The molecule has 1 atom stereocenters. The van der Waals surface area contributed by atoms with E-state index in [9.17, 15) is 14.4 Å². The summed E-state index contributed by atoms with van der Waals surface area (Å²) in [6, 6.07) is 8.95. The highest BCUT2D eigenvalue weighted by Gasteiger charge is 2.27. The first-order chi connectivity index (χ1) is 13.1. The van der Waals surface area contributed by atoms with Gasteiger partial charge in [0.1, 0.15) is 11.7 Å². The topological polar surface area (TPSA) is 133 Å². The fourth-order valence-electron chi connectivity index (χ4n) is 2.50. The average molecular weight is 364 g/mol. The highest BCUT2D eigenvalue weighted by molar-refractivity contribution is 6.38. The molecule has 3 N–H and O–H groups in total. The Morgan fingerprint density at radius 1 is 1.07 bits per heavy atom. The largest absolute Gasteiger partial charge is 0.363 e. The van der Waals surface area contributed by atoms with E-state index in [1.54, 1.807) is 48.9 Å². The SMILES string of the molecule is NC(=O)C(=O)C(Cc1ccccn1)NC(=O)c1ccnn1-c1cccnc1. The molecule has 0 saturated carbocycles. The predicted molar refractivity (Wildman–Crippen MR) is 94.8 cm³/mol. The van der Waals surface area contributed by atoms with E-state index >= 15 is 0 Å². The lowest BCUT2D eigenvalue weighted by Crippen LogP contribution is -2.47. The molecule has 2 amide bonds. The summed E-state index contributed by atoms with van der Waals surface area (Å²) >= 11 is 0. The number of pyridine rings is 2. The number of ketones is 1. The van der Waals surface area contributed by atoms with Gasteiger partial charge in [0.25, 0.3) is 11.8 Å². The third kappa shape index (κ3) is 4.21. The first-order valence-electron chi connectivity index (χ1n) is 8.05. The molecular weight excluding hydrogens is 348 g/mol. The first kappa shape index (κ1) is 17.9. The van der Waals surface area contributed by atoms with Crippen LogP contribution in [0.5, 0.6) is 0 Å². The van der Waals surface area contributed by atoms with Crippen molar-refractivity contribution in [1.29, 1.82) is 0 Å². The highest BCUT2D eigenvalue weighted by Crippen LogP contribution is 2.10. The monoisotopic (exact) mass is 364 g/mol. The van der Waals surface area contributed by atoms with Gasteiger partial charge < -0.3 is 11.1 Å². The first-order valence-corrected chi connectivity index (χ1v) is 8.05. The molecule has 0 spiro atoms. The minimum absolute atomic E-state index is 0.0371. The quantitative estimate of drug-likeness (QED) is 0.570. The van der Waals surface area contributed by atoms with Gasteiger partial charge in [-0.25, -0.2) is 4.68 Å². The van der Waals surface area contributed by atoms with Crippen LogP contribution in [0, 0.1) is 0 Å². The molecule has 0 fully saturated rings. The molecule has 9 nitrogen and oxygen atoms in total. The van der Waals surface area contributed by atoms with Gasteiger partial charge in [-0.1, -0.05) is 6.07 Å². The van der Waals surface area contributed by atoms with Crippen molar-refractivity contribution in [2.45, 2.75) is 12.5 Å². The number of nitrogens with two attached hydrogens (primary N) is 1. The fourth-order valence-corrected chi connectivity index (χ4v) is 2.50. The number of nitrogens with zero attached hydrogens (tertiary/aromatic N) is 4. The third-order valence-corrected chi connectivity index (χ3v) is 3.77. The lowest BCUT2D eigenvalue weighted by Gasteiger charge is -2.16. The summed E-state index contributed by atoms with van der Waals surface area (Å²) in [4.78, 5) is 44.3. The van der Waals surface area contributed by atoms with Crippen LogP contribution < -0.4 is 11.1 Å². The molecular formula is C18H16N6O3. The Labute approximate surface area is 154 Å².